The Bertz CT molecular complexity index is 665. The first kappa shape index (κ1) is 18.2. The summed E-state index contributed by atoms with van der Waals surface area (Å²) in [5, 5.41) is 24.4. The number of anilines is 1. The van der Waals surface area contributed by atoms with Crippen LogP contribution < -0.4 is 20.6 Å². The molecule has 0 bridgehead atoms. The minimum atomic E-state index is -0.959. The predicted molar refractivity (Wildman–Crippen MR) is 93.4 cm³/mol. The Balaban J connectivity index is 1.65. The van der Waals surface area contributed by atoms with Gasteiger partial charge in [0.1, 0.15) is 5.75 Å². The van der Waals surface area contributed by atoms with Crippen molar-refractivity contribution in [3.63, 3.8) is 0 Å². The van der Waals surface area contributed by atoms with E-state index < -0.39 is 5.23 Å². The SMILES string of the molecule is O=C(COc1ccccc1Br)NCCNc1ccc([NH+]([O-])O)cc1. The van der Waals surface area contributed by atoms with Crippen LogP contribution in [0.5, 0.6) is 5.75 Å². The molecule has 0 aliphatic heterocycles. The van der Waals surface area contributed by atoms with Gasteiger partial charge in [-0.05, 0) is 40.2 Å². The Morgan fingerprint density at radius 1 is 1.17 bits per heavy atom. The Morgan fingerprint density at radius 2 is 1.88 bits per heavy atom. The van der Waals surface area contributed by atoms with Gasteiger partial charge in [0, 0.05) is 30.9 Å². The largest absolute Gasteiger partial charge is 0.595 e. The number of para-hydroxylation sites is 1. The average molecular weight is 396 g/mol. The fraction of sp³-hybridized carbons (Fsp3) is 0.188. The summed E-state index contributed by atoms with van der Waals surface area (Å²) in [6, 6.07) is 13.7. The van der Waals surface area contributed by atoms with E-state index in [1.54, 1.807) is 18.2 Å². The Labute approximate surface area is 147 Å². The van der Waals surface area contributed by atoms with Crippen LogP contribution in [0, 0.1) is 5.21 Å². The molecule has 0 saturated carbocycles. The second kappa shape index (κ2) is 9.24. The summed E-state index contributed by atoms with van der Waals surface area (Å²) in [4.78, 5) is 11.7. The third-order valence-electron chi connectivity index (χ3n) is 3.10. The minimum absolute atomic E-state index is 0.0596. The van der Waals surface area contributed by atoms with E-state index in [-0.39, 0.29) is 18.2 Å². The number of hydrogen-bond acceptors (Lipinski definition) is 5. The van der Waals surface area contributed by atoms with Crippen molar-refractivity contribution in [3.05, 3.63) is 58.2 Å². The lowest BCUT2D eigenvalue weighted by Crippen LogP contribution is -2.99. The summed E-state index contributed by atoms with van der Waals surface area (Å²) < 4.78 is 6.21. The Morgan fingerprint density at radius 3 is 2.54 bits per heavy atom. The maximum absolute atomic E-state index is 11.7. The topological polar surface area (TPSA) is 98.1 Å². The number of rotatable bonds is 8. The van der Waals surface area contributed by atoms with Crippen LogP contribution in [0.15, 0.2) is 53.0 Å². The molecule has 1 atom stereocenters. The lowest BCUT2D eigenvalue weighted by Gasteiger charge is -2.12. The molecule has 0 radical (unpaired) electrons. The quantitative estimate of drug-likeness (QED) is 0.400. The zero-order chi connectivity index (χ0) is 17.4. The third kappa shape index (κ3) is 5.82. The minimum Gasteiger partial charge on any atom is -0.595 e. The van der Waals surface area contributed by atoms with Gasteiger partial charge >= 0.3 is 0 Å². The van der Waals surface area contributed by atoms with E-state index in [1.807, 2.05) is 18.2 Å². The molecule has 0 aromatic heterocycles. The van der Waals surface area contributed by atoms with Crippen molar-refractivity contribution >= 4 is 33.2 Å². The van der Waals surface area contributed by atoms with Gasteiger partial charge in [-0.25, -0.2) is 5.21 Å². The molecule has 0 aliphatic carbocycles. The third-order valence-corrected chi connectivity index (χ3v) is 3.76. The highest BCUT2D eigenvalue weighted by Gasteiger charge is 2.04. The van der Waals surface area contributed by atoms with Crippen LogP contribution in [0.25, 0.3) is 0 Å². The maximum atomic E-state index is 11.7. The summed E-state index contributed by atoms with van der Waals surface area (Å²) in [5.74, 6) is 0.401. The van der Waals surface area contributed by atoms with Crippen molar-refractivity contribution < 1.29 is 20.0 Å². The summed E-state index contributed by atoms with van der Waals surface area (Å²) in [5.41, 5.74) is 1.02. The Kier molecular flexibility index (Phi) is 7.01. The van der Waals surface area contributed by atoms with Crippen LogP contribution in [-0.2, 0) is 4.79 Å². The molecule has 0 spiro atoms. The van der Waals surface area contributed by atoms with Gasteiger partial charge in [0.25, 0.3) is 5.91 Å². The lowest BCUT2D eigenvalue weighted by atomic mass is 10.3. The molecule has 2 rings (SSSR count). The molecule has 1 amide bonds. The molecule has 0 heterocycles. The number of ether oxygens (including phenoxy) is 1. The van der Waals surface area contributed by atoms with E-state index in [4.69, 9.17) is 9.94 Å². The van der Waals surface area contributed by atoms with Gasteiger partial charge in [-0.3, -0.25) is 4.79 Å². The summed E-state index contributed by atoms with van der Waals surface area (Å²) >= 11 is 3.35. The molecule has 0 aliphatic rings. The van der Waals surface area contributed by atoms with Crippen molar-refractivity contribution in [1.82, 2.24) is 5.32 Å². The molecule has 128 valence electrons. The second-order valence-electron chi connectivity index (χ2n) is 4.88. The van der Waals surface area contributed by atoms with Gasteiger partial charge < -0.3 is 20.6 Å². The molecule has 2 aromatic rings. The van der Waals surface area contributed by atoms with Gasteiger partial charge in [0.2, 0.25) is 0 Å². The van der Waals surface area contributed by atoms with Crippen LogP contribution in [0.3, 0.4) is 0 Å². The zero-order valence-corrected chi connectivity index (χ0v) is 14.4. The van der Waals surface area contributed by atoms with E-state index in [0.29, 0.717) is 18.8 Å². The number of quaternary nitrogens is 1. The molecule has 0 saturated heterocycles. The summed E-state index contributed by atoms with van der Waals surface area (Å²) in [7, 11) is 0. The van der Waals surface area contributed by atoms with Gasteiger partial charge in [-0.1, -0.05) is 12.1 Å². The van der Waals surface area contributed by atoms with Gasteiger partial charge in [0.05, 0.1) is 4.47 Å². The van der Waals surface area contributed by atoms with Crippen molar-refractivity contribution in [2.24, 2.45) is 0 Å². The predicted octanol–water partition coefficient (Wildman–Crippen LogP) is 1.46. The van der Waals surface area contributed by atoms with Gasteiger partial charge in [-0.2, -0.15) is 5.23 Å². The molecule has 0 fully saturated rings. The van der Waals surface area contributed by atoms with Crippen LogP contribution in [0.4, 0.5) is 11.4 Å². The van der Waals surface area contributed by atoms with Crippen molar-refractivity contribution in [1.29, 1.82) is 0 Å². The van der Waals surface area contributed by atoms with Crippen LogP contribution in [0.1, 0.15) is 0 Å². The molecule has 4 N–H and O–H groups in total. The Hall–Kier alpha value is -2.13. The highest BCUT2D eigenvalue weighted by molar-refractivity contribution is 9.10. The fourth-order valence-electron chi connectivity index (χ4n) is 1.90. The molecular weight excluding hydrogens is 378 g/mol. The fourth-order valence-corrected chi connectivity index (χ4v) is 2.29. The first-order chi connectivity index (χ1) is 11.6. The number of amides is 1. The van der Waals surface area contributed by atoms with Crippen molar-refractivity contribution in [3.8, 4) is 5.75 Å². The normalized spacial score (nSPS) is 11.6. The van der Waals surface area contributed by atoms with Crippen LogP contribution >= 0.6 is 15.9 Å². The molecule has 24 heavy (non-hydrogen) atoms. The highest BCUT2D eigenvalue weighted by Crippen LogP contribution is 2.23. The maximum Gasteiger partial charge on any atom is 0.258 e. The van der Waals surface area contributed by atoms with E-state index in [2.05, 4.69) is 26.6 Å². The van der Waals surface area contributed by atoms with Gasteiger partial charge in [-0.15, -0.1) is 0 Å². The number of nitrogens with one attached hydrogen (secondary N) is 3. The number of halogens is 1. The second-order valence-corrected chi connectivity index (χ2v) is 5.73. The highest BCUT2D eigenvalue weighted by atomic mass is 79.9. The summed E-state index contributed by atoms with van der Waals surface area (Å²) in [6.45, 7) is 0.891. The van der Waals surface area contributed by atoms with Gasteiger partial charge in [0.15, 0.2) is 12.3 Å². The van der Waals surface area contributed by atoms with E-state index in [1.165, 1.54) is 12.1 Å². The van der Waals surface area contributed by atoms with E-state index in [0.717, 1.165) is 10.2 Å². The van der Waals surface area contributed by atoms with Crippen LogP contribution in [-0.4, -0.2) is 30.8 Å². The molecule has 2 aromatic carbocycles. The first-order valence-corrected chi connectivity index (χ1v) is 8.07. The molecule has 8 heteroatoms. The zero-order valence-electron chi connectivity index (χ0n) is 12.8. The average Bonchev–Trinajstić information content (AvgIpc) is 2.58. The standard InChI is InChI=1S/C16H18BrN3O4/c17-14-3-1-2-4-15(14)24-11-16(21)19-10-9-18-12-5-7-13(8-6-12)20(22)23/h1-8,18,20,22H,9-11H2,(H,19,21). The molecular formula is C16H18BrN3O4. The number of carbonyl (C=O) groups is 1. The van der Waals surface area contributed by atoms with E-state index >= 15 is 0 Å². The molecule has 1 unspecified atom stereocenters. The number of benzene rings is 2. The summed E-state index contributed by atoms with van der Waals surface area (Å²) in [6.07, 6.45) is 0. The number of hydrogen-bond donors (Lipinski definition) is 4. The monoisotopic (exact) mass is 395 g/mol. The first-order valence-electron chi connectivity index (χ1n) is 7.27. The number of carbonyl (C=O) groups excluding carboxylic acids is 1. The van der Waals surface area contributed by atoms with Crippen LogP contribution in [0.2, 0.25) is 0 Å². The smallest absolute Gasteiger partial charge is 0.258 e. The lowest BCUT2D eigenvalue weighted by molar-refractivity contribution is -0.991. The van der Waals surface area contributed by atoms with Crippen molar-refractivity contribution in [2.75, 3.05) is 25.0 Å². The van der Waals surface area contributed by atoms with Crippen molar-refractivity contribution in [2.45, 2.75) is 0 Å². The molecule has 7 nitrogen and oxygen atoms in total. The van der Waals surface area contributed by atoms with E-state index in [9.17, 15) is 10.0 Å².